The molecule has 0 heterocycles. The van der Waals surface area contributed by atoms with E-state index in [1.807, 2.05) is 50.2 Å². The van der Waals surface area contributed by atoms with Crippen LogP contribution in [0.25, 0.3) is 0 Å². The van der Waals surface area contributed by atoms with Crippen LogP contribution in [0, 0.1) is 13.8 Å². The summed E-state index contributed by atoms with van der Waals surface area (Å²) in [7, 11) is -2.21. The fourth-order valence-corrected chi connectivity index (χ4v) is 4.63. The van der Waals surface area contributed by atoms with Gasteiger partial charge in [0.1, 0.15) is 6.54 Å². The molecule has 0 aliphatic carbocycles. The Hall–Kier alpha value is -3.12. The maximum Gasteiger partial charge on any atom is 0.264 e. The van der Waals surface area contributed by atoms with E-state index in [1.165, 1.54) is 4.31 Å². The second-order valence-electron chi connectivity index (χ2n) is 7.40. The van der Waals surface area contributed by atoms with Crippen LogP contribution in [0.5, 0.6) is 0 Å². The van der Waals surface area contributed by atoms with E-state index >= 15 is 0 Å². The van der Waals surface area contributed by atoms with E-state index in [2.05, 4.69) is 0 Å². The number of para-hydroxylation sites is 1. The summed E-state index contributed by atoms with van der Waals surface area (Å²) in [5.74, 6) is -0.282. The van der Waals surface area contributed by atoms with Crippen molar-refractivity contribution in [1.29, 1.82) is 0 Å². The lowest BCUT2D eigenvalue weighted by atomic mass is 10.1. The third kappa shape index (κ3) is 5.07. The number of rotatable bonds is 7. The lowest BCUT2D eigenvalue weighted by Crippen LogP contribution is -2.41. The number of aryl methyl sites for hydroxylation is 2. The summed E-state index contributed by atoms with van der Waals surface area (Å²) < 4.78 is 28.0. The van der Waals surface area contributed by atoms with Crippen molar-refractivity contribution in [1.82, 2.24) is 4.90 Å². The van der Waals surface area contributed by atoms with Gasteiger partial charge >= 0.3 is 0 Å². The van der Waals surface area contributed by atoms with Crippen LogP contribution in [-0.2, 0) is 21.4 Å². The lowest BCUT2D eigenvalue weighted by Gasteiger charge is -2.27. The summed E-state index contributed by atoms with van der Waals surface area (Å²) >= 11 is 0. The Morgan fingerprint density at radius 1 is 0.833 bits per heavy atom. The van der Waals surface area contributed by atoms with Crippen LogP contribution >= 0.6 is 0 Å². The molecule has 0 saturated heterocycles. The number of nitrogens with zero attached hydrogens (tertiary/aromatic N) is 2. The number of likely N-dealkylation sites (N-methyl/N-ethyl adjacent to an activating group) is 1. The van der Waals surface area contributed by atoms with Crippen molar-refractivity contribution in [2.75, 3.05) is 17.9 Å². The van der Waals surface area contributed by atoms with Crippen molar-refractivity contribution in [3.8, 4) is 0 Å². The van der Waals surface area contributed by atoms with E-state index in [9.17, 15) is 13.2 Å². The summed E-state index contributed by atoms with van der Waals surface area (Å²) in [4.78, 5) is 14.7. The molecular formula is C24H26N2O3S. The van der Waals surface area contributed by atoms with Gasteiger partial charge in [-0.2, -0.15) is 0 Å². The number of benzene rings is 3. The Morgan fingerprint density at radius 2 is 1.50 bits per heavy atom. The van der Waals surface area contributed by atoms with Gasteiger partial charge in [-0.3, -0.25) is 9.10 Å². The number of carbonyl (C=O) groups excluding carboxylic acids is 1. The number of carbonyl (C=O) groups is 1. The third-order valence-electron chi connectivity index (χ3n) is 4.87. The van der Waals surface area contributed by atoms with Crippen LogP contribution in [0.4, 0.5) is 5.69 Å². The van der Waals surface area contributed by atoms with Gasteiger partial charge in [0.05, 0.1) is 10.6 Å². The summed E-state index contributed by atoms with van der Waals surface area (Å²) in [6, 6.07) is 23.4. The number of hydrogen-bond donors (Lipinski definition) is 0. The minimum atomic E-state index is -3.90. The van der Waals surface area contributed by atoms with Gasteiger partial charge in [0.25, 0.3) is 10.0 Å². The molecule has 0 unspecified atom stereocenters. The molecule has 0 bridgehead atoms. The number of anilines is 1. The molecule has 0 aliphatic rings. The van der Waals surface area contributed by atoms with Crippen molar-refractivity contribution in [2.24, 2.45) is 0 Å². The average molecular weight is 423 g/mol. The molecule has 0 fully saturated rings. The number of amides is 1. The van der Waals surface area contributed by atoms with Gasteiger partial charge in [0.15, 0.2) is 0 Å². The van der Waals surface area contributed by atoms with Crippen molar-refractivity contribution in [3.63, 3.8) is 0 Å². The molecule has 3 aromatic carbocycles. The molecule has 30 heavy (non-hydrogen) atoms. The fraction of sp³-hybridized carbons (Fsp3) is 0.208. The van der Waals surface area contributed by atoms with Crippen LogP contribution < -0.4 is 4.31 Å². The maximum absolute atomic E-state index is 13.4. The Balaban J connectivity index is 1.88. The largest absolute Gasteiger partial charge is 0.340 e. The van der Waals surface area contributed by atoms with Gasteiger partial charge in [-0.1, -0.05) is 60.2 Å². The smallest absolute Gasteiger partial charge is 0.264 e. The first kappa shape index (κ1) is 21.6. The van der Waals surface area contributed by atoms with Crippen molar-refractivity contribution >= 4 is 21.6 Å². The van der Waals surface area contributed by atoms with Gasteiger partial charge in [0.2, 0.25) is 5.91 Å². The first-order valence-corrected chi connectivity index (χ1v) is 11.2. The number of sulfonamides is 1. The topological polar surface area (TPSA) is 57.7 Å². The highest BCUT2D eigenvalue weighted by Crippen LogP contribution is 2.24. The number of hydrogen-bond acceptors (Lipinski definition) is 3. The zero-order chi connectivity index (χ0) is 21.7. The molecule has 0 aliphatic heterocycles. The molecule has 5 nitrogen and oxygen atoms in total. The van der Waals surface area contributed by atoms with E-state index in [1.54, 1.807) is 54.4 Å². The highest BCUT2D eigenvalue weighted by atomic mass is 32.2. The molecule has 156 valence electrons. The molecule has 1 amide bonds. The predicted molar refractivity (Wildman–Crippen MR) is 120 cm³/mol. The van der Waals surface area contributed by atoms with Gasteiger partial charge < -0.3 is 4.90 Å². The average Bonchev–Trinajstić information content (AvgIpc) is 2.74. The van der Waals surface area contributed by atoms with E-state index in [0.29, 0.717) is 12.2 Å². The molecule has 3 rings (SSSR count). The quantitative estimate of drug-likeness (QED) is 0.575. The molecule has 3 aromatic rings. The van der Waals surface area contributed by atoms with Crippen LogP contribution in [-0.4, -0.2) is 32.8 Å². The van der Waals surface area contributed by atoms with Gasteiger partial charge in [-0.25, -0.2) is 8.42 Å². The summed E-state index contributed by atoms with van der Waals surface area (Å²) in [6.07, 6.45) is 0. The zero-order valence-electron chi connectivity index (χ0n) is 17.4. The first-order chi connectivity index (χ1) is 14.3. The van der Waals surface area contributed by atoms with Gasteiger partial charge in [-0.05, 0) is 49.2 Å². The third-order valence-corrected chi connectivity index (χ3v) is 6.64. The standard InChI is InChI=1S/C24H26N2O3S/c1-19-12-14-21(15-13-19)17-25(3)24(27)18-26(22-9-5-4-6-10-22)30(28,29)23-11-7-8-20(2)16-23/h4-16H,17-18H2,1-3H3. The summed E-state index contributed by atoms with van der Waals surface area (Å²) in [5, 5.41) is 0. The molecule has 0 N–H and O–H groups in total. The van der Waals surface area contributed by atoms with Gasteiger partial charge in [-0.15, -0.1) is 0 Å². The van der Waals surface area contributed by atoms with Crippen LogP contribution in [0.3, 0.4) is 0 Å². The second kappa shape index (κ2) is 9.13. The molecular weight excluding hydrogens is 396 g/mol. The minimum Gasteiger partial charge on any atom is -0.340 e. The highest BCUT2D eigenvalue weighted by Gasteiger charge is 2.28. The van der Waals surface area contributed by atoms with Crippen molar-refractivity contribution in [3.05, 3.63) is 95.6 Å². The van der Waals surface area contributed by atoms with Crippen LogP contribution in [0.15, 0.2) is 83.8 Å². The lowest BCUT2D eigenvalue weighted by molar-refractivity contribution is -0.128. The molecule has 0 atom stereocenters. The van der Waals surface area contributed by atoms with Crippen molar-refractivity contribution in [2.45, 2.75) is 25.3 Å². The van der Waals surface area contributed by atoms with Crippen LogP contribution in [0.1, 0.15) is 16.7 Å². The van der Waals surface area contributed by atoms with E-state index in [4.69, 9.17) is 0 Å². The molecule has 6 heteroatoms. The first-order valence-electron chi connectivity index (χ1n) is 9.71. The minimum absolute atomic E-state index is 0.167. The molecule has 0 saturated carbocycles. The molecule has 0 spiro atoms. The summed E-state index contributed by atoms with van der Waals surface area (Å²) in [6.45, 7) is 3.98. The molecule has 0 aromatic heterocycles. The van der Waals surface area contributed by atoms with Crippen LogP contribution in [0.2, 0.25) is 0 Å². The van der Waals surface area contributed by atoms with E-state index in [-0.39, 0.29) is 17.3 Å². The Kier molecular flexibility index (Phi) is 6.57. The Labute approximate surface area is 178 Å². The second-order valence-corrected chi connectivity index (χ2v) is 9.26. The maximum atomic E-state index is 13.4. The fourth-order valence-electron chi connectivity index (χ4n) is 3.11. The monoisotopic (exact) mass is 422 g/mol. The highest BCUT2D eigenvalue weighted by molar-refractivity contribution is 7.92. The van der Waals surface area contributed by atoms with Crippen molar-refractivity contribution < 1.29 is 13.2 Å². The normalized spacial score (nSPS) is 11.2. The molecule has 0 radical (unpaired) electrons. The Bertz CT molecular complexity index is 1110. The summed E-state index contributed by atoms with van der Waals surface area (Å²) in [5.41, 5.74) is 3.43. The van der Waals surface area contributed by atoms with Gasteiger partial charge in [0, 0.05) is 13.6 Å². The van der Waals surface area contributed by atoms with E-state index < -0.39 is 10.0 Å². The SMILES string of the molecule is Cc1ccc(CN(C)C(=O)CN(c2ccccc2)S(=O)(=O)c2cccc(C)c2)cc1. The zero-order valence-corrected chi connectivity index (χ0v) is 18.3. The predicted octanol–water partition coefficient (Wildman–Crippen LogP) is 4.16. The Morgan fingerprint density at radius 3 is 2.13 bits per heavy atom. The van der Waals surface area contributed by atoms with E-state index in [0.717, 1.165) is 16.7 Å².